The van der Waals surface area contributed by atoms with E-state index in [0.717, 1.165) is 60.8 Å². The van der Waals surface area contributed by atoms with Crippen LogP contribution in [0, 0.1) is 0 Å². The third-order valence-electron chi connectivity index (χ3n) is 6.02. The predicted molar refractivity (Wildman–Crippen MR) is 105 cm³/mol. The Morgan fingerprint density at radius 3 is 2.85 bits per heavy atom. The number of hydrogen-bond donors (Lipinski definition) is 0. The minimum atomic E-state index is -0.0677. The second-order valence-electron chi connectivity index (χ2n) is 7.70. The highest BCUT2D eigenvalue weighted by Gasteiger charge is 2.32. The van der Waals surface area contributed by atoms with Crippen LogP contribution >= 0.6 is 11.8 Å². The summed E-state index contributed by atoms with van der Waals surface area (Å²) in [6.45, 7) is 1.44. The molecule has 140 valence electrons. The van der Waals surface area contributed by atoms with Crippen molar-refractivity contribution in [1.29, 1.82) is 0 Å². The molecule has 0 saturated carbocycles. The standard InChI is InChI=1S/C21H23N3O2S/c25-19(23-10-9-14-5-1-2-6-15(14)12-23)11-16-13-27-21-22-18-8-4-3-7-17(18)20(26)24(16)21/h1-2,5-6,16H,3-4,7-13H2/t16-/m0/s1. The average molecular weight is 382 g/mol. The molecule has 2 aliphatic heterocycles. The van der Waals surface area contributed by atoms with Gasteiger partial charge in [0.05, 0.1) is 11.7 Å². The summed E-state index contributed by atoms with van der Waals surface area (Å²) in [6, 6.07) is 8.28. The molecule has 3 heterocycles. The average Bonchev–Trinajstić information content (AvgIpc) is 3.10. The third kappa shape index (κ3) is 3.00. The molecule has 5 nitrogen and oxygen atoms in total. The number of amides is 1. The van der Waals surface area contributed by atoms with Crippen molar-refractivity contribution in [2.75, 3.05) is 12.3 Å². The van der Waals surface area contributed by atoms with Crippen molar-refractivity contribution in [3.05, 3.63) is 57.0 Å². The lowest BCUT2D eigenvalue weighted by Gasteiger charge is -2.30. The van der Waals surface area contributed by atoms with Crippen LogP contribution in [-0.4, -0.2) is 32.7 Å². The minimum absolute atomic E-state index is 0.0677. The van der Waals surface area contributed by atoms with Gasteiger partial charge in [-0.05, 0) is 43.2 Å². The first-order chi connectivity index (χ1) is 13.2. The number of fused-ring (bicyclic) bond motifs is 3. The molecule has 3 aliphatic rings. The van der Waals surface area contributed by atoms with E-state index < -0.39 is 0 Å². The number of aryl methyl sites for hydroxylation is 1. The van der Waals surface area contributed by atoms with Gasteiger partial charge < -0.3 is 4.90 Å². The lowest BCUT2D eigenvalue weighted by molar-refractivity contribution is -0.132. The van der Waals surface area contributed by atoms with Crippen LogP contribution in [0.1, 0.15) is 47.7 Å². The molecule has 1 atom stereocenters. The zero-order chi connectivity index (χ0) is 18.4. The molecule has 1 aliphatic carbocycles. The molecule has 2 aromatic rings. The zero-order valence-electron chi connectivity index (χ0n) is 15.3. The maximum Gasteiger partial charge on any atom is 0.257 e. The molecular weight excluding hydrogens is 358 g/mol. The number of aromatic nitrogens is 2. The molecule has 0 radical (unpaired) electrons. The van der Waals surface area contributed by atoms with Crippen LogP contribution in [0.25, 0.3) is 0 Å². The van der Waals surface area contributed by atoms with Crippen molar-refractivity contribution in [3.8, 4) is 0 Å². The second kappa shape index (κ2) is 6.82. The van der Waals surface area contributed by atoms with Gasteiger partial charge >= 0.3 is 0 Å². The van der Waals surface area contributed by atoms with Crippen molar-refractivity contribution >= 4 is 17.7 Å². The third-order valence-corrected chi connectivity index (χ3v) is 7.11. The van der Waals surface area contributed by atoms with E-state index in [1.54, 1.807) is 11.8 Å². The molecule has 27 heavy (non-hydrogen) atoms. The fourth-order valence-electron chi connectivity index (χ4n) is 4.50. The largest absolute Gasteiger partial charge is 0.338 e. The summed E-state index contributed by atoms with van der Waals surface area (Å²) in [5.41, 5.74) is 4.56. The highest BCUT2D eigenvalue weighted by molar-refractivity contribution is 7.99. The van der Waals surface area contributed by atoms with E-state index in [0.29, 0.717) is 13.0 Å². The predicted octanol–water partition coefficient (Wildman–Crippen LogP) is 2.74. The molecule has 0 bridgehead atoms. The lowest BCUT2D eigenvalue weighted by atomic mass is 9.97. The van der Waals surface area contributed by atoms with E-state index in [1.807, 2.05) is 15.5 Å². The van der Waals surface area contributed by atoms with Crippen molar-refractivity contribution in [2.24, 2.45) is 0 Å². The highest BCUT2D eigenvalue weighted by atomic mass is 32.2. The topological polar surface area (TPSA) is 55.2 Å². The first-order valence-electron chi connectivity index (χ1n) is 9.82. The first-order valence-corrected chi connectivity index (χ1v) is 10.8. The Bertz CT molecular complexity index is 968. The van der Waals surface area contributed by atoms with E-state index >= 15 is 0 Å². The number of thioether (sulfide) groups is 1. The molecule has 0 spiro atoms. The van der Waals surface area contributed by atoms with Crippen molar-refractivity contribution in [1.82, 2.24) is 14.5 Å². The first kappa shape index (κ1) is 17.0. The van der Waals surface area contributed by atoms with Crippen LogP contribution in [-0.2, 0) is 30.6 Å². The number of benzene rings is 1. The van der Waals surface area contributed by atoms with Gasteiger partial charge in [-0.2, -0.15) is 0 Å². The molecule has 1 aromatic carbocycles. The van der Waals surface area contributed by atoms with Gasteiger partial charge in [0.25, 0.3) is 5.56 Å². The van der Waals surface area contributed by atoms with Gasteiger partial charge in [-0.15, -0.1) is 0 Å². The number of nitrogens with zero attached hydrogens (tertiary/aromatic N) is 3. The van der Waals surface area contributed by atoms with Crippen LogP contribution in [0.4, 0.5) is 0 Å². The van der Waals surface area contributed by atoms with E-state index in [1.165, 1.54) is 11.1 Å². The van der Waals surface area contributed by atoms with Crippen LogP contribution in [0.5, 0.6) is 0 Å². The van der Waals surface area contributed by atoms with Crippen LogP contribution in [0.3, 0.4) is 0 Å². The van der Waals surface area contributed by atoms with Gasteiger partial charge in [0.1, 0.15) is 0 Å². The van der Waals surface area contributed by atoms with Gasteiger partial charge in [0, 0.05) is 30.8 Å². The molecular formula is C21H23N3O2S. The minimum Gasteiger partial charge on any atom is -0.338 e. The summed E-state index contributed by atoms with van der Waals surface area (Å²) in [5, 5.41) is 0.808. The molecule has 5 rings (SSSR count). The fraction of sp³-hybridized carbons (Fsp3) is 0.476. The van der Waals surface area contributed by atoms with Gasteiger partial charge in [-0.3, -0.25) is 14.2 Å². The summed E-state index contributed by atoms with van der Waals surface area (Å²) < 4.78 is 1.81. The van der Waals surface area contributed by atoms with E-state index in [2.05, 4.69) is 18.2 Å². The number of hydrogen-bond acceptors (Lipinski definition) is 4. The monoisotopic (exact) mass is 381 g/mol. The van der Waals surface area contributed by atoms with Gasteiger partial charge in [0.2, 0.25) is 5.91 Å². The summed E-state index contributed by atoms with van der Waals surface area (Å²) in [4.78, 5) is 32.7. The van der Waals surface area contributed by atoms with Crippen LogP contribution < -0.4 is 5.56 Å². The summed E-state index contributed by atoms with van der Waals surface area (Å²) in [7, 11) is 0. The van der Waals surface area contributed by atoms with E-state index in [4.69, 9.17) is 4.98 Å². The zero-order valence-corrected chi connectivity index (χ0v) is 16.1. The van der Waals surface area contributed by atoms with Crippen molar-refractivity contribution < 1.29 is 4.79 Å². The Hall–Kier alpha value is -2.08. The molecule has 0 N–H and O–H groups in total. The fourth-order valence-corrected chi connectivity index (χ4v) is 5.66. The molecule has 6 heteroatoms. The Morgan fingerprint density at radius 2 is 1.96 bits per heavy atom. The smallest absolute Gasteiger partial charge is 0.257 e. The van der Waals surface area contributed by atoms with E-state index in [9.17, 15) is 9.59 Å². The Balaban J connectivity index is 1.36. The lowest BCUT2D eigenvalue weighted by Crippen LogP contribution is -2.38. The molecule has 1 amide bonds. The SMILES string of the molecule is O=C(C[C@H]1CSc2nc3c(c(=O)n21)CCCC3)N1CCc2ccccc2C1. The van der Waals surface area contributed by atoms with Gasteiger partial charge in [-0.25, -0.2) is 4.98 Å². The summed E-state index contributed by atoms with van der Waals surface area (Å²) >= 11 is 1.62. The maximum atomic E-state index is 13.0. The molecule has 0 unspecified atom stereocenters. The van der Waals surface area contributed by atoms with Crippen molar-refractivity contribution in [2.45, 2.75) is 56.3 Å². The van der Waals surface area contributed by atoms with Gasteiger partial charge in [0.15, 0.2) is 5.16 Å². The Kier molecular flexibility index (Phi) is 4.31. The van der Waals surface area contributed by atoms with Crippen LogP contribution in [0.15, 0.2) is 34.2 Å². The molecule has 1 aromatic heterocycles. The molecule has 0 fully saturated rings. The quantitative estimate of drug-likeness (QED) is 0.751. The van der Waals surface area contributed by atoms with Crippen molar-refractivity contribution in [3.63, 3.8) is 0 Å². The van der Waals surface area contributed by atoms with E-state index in [-0.39, 0.29) is 17.5 Å². The summed E-state index contributed by atoms with van der Waals surface area (Å²) in [6.07, 6.45) is 5.22. The Morgan fingerprint density at radius 1 is 1.15 bits per heavy atom. The molecule has 0 saturated heterocycles. The van der Waals surface area contributed by atoms with Gasteiger partial charge in [-0.1, -0.05) is 36.0 Å². The normalized spacial score (nSPS) is 20.7. The maximum absolute atomic E-state index is 13.0. The van der Waals surface area contributed by atoms with Crippen LogP contribution in [0.2, 0.25) is 0 Å². The number of rotatable bonds is 2. The summed E-state index contributed by atoms with van der Waals surface area (Å²) in [5.74, 6) is 0.911. The number of carbonyl (C=O) groups is 1. The second-order valence-corrected chi connectivity index (χ2v) is 8.69. The highest BCUT2D eigenvalue weighted by Crippen LogP contribution is 2.34. The number of carbonyl (C=O) groups excluding carboxylic acids is 1. The Labute approximate surface area is 162 Å².